The molecule has 4 atom stereocenters. The highest BCUT2D eigenvalue weighted by atomic mass is 32.2. The topological polar surface area (TPSA) is 90.9 Å². The molecule has 3 rings (SSSR count). The summed E-state index contributed by atoms with van der Waals surface area (Å²) in [6.45, 7) is 21.7. The number of carbonyl (C=O) groups is 2. The smallest absolute Gasteiger partial charge is 0.457 e. The molecule has 0 aliphatic heterocycles. The van der Waals surface area contributed by atoms with Gasteiger partial charge in [0.15, 0.2) is 5.78 Å². The van der Waals surface area contributed by atoms with E-state index >= 15 is 0 Å². The van der Waals surface area contributed by atoms with Crippen LogP contribution in [0.2, 0.25) is 0 Å². The fourth-order valence-electron chi connectivity index (χ4n) is 5.04. The molecule has 1 N–H and O–H groups in total. The lowest BCUT2D eigenvalue weighted by molar-refractivity contribution is -0.150. The van der Waals surface area contributed by atoms with Crippen molar-refractivity contribution in [3.05, 3.63) is 59.2 Å². The van der Waals surface area contributed by atoms with Crippen molar-refractivity contribution in [1.29, 1.82) is 0 Å². The minimum Gasteiger partial charge on any atom is -0.457 e. The predicted octanol–water partition coefficient (Wildman–Crippen LogP) is 8.24. The maximum Gasteiger partial charge on any atom is 0.458 e. The first-order valence-corrected chi connectivity index (χ1v) is 16.9. The summed E-state index contributed by atoms with van der Waals surface area (Å²) >= 11 is 1.67. The van der Waals surface area contributed by atoms with Crippen LogP contribution in [-0.2, 0) is 23.4 Å². The van der Waals surface area contributed by atoms with Crippen LogP contribution in [0.5, 0.6) is 5.75 Å². The van der Waals surface area contributed by atoms with Crippen molar-refractivity contribution in [2.75, 3.05) is 12.9 Å². The molecule has 2 aliphatic rings. The molecular weight excluding hydrogens is 557 g/mol. The Kier molecular flexibility index (Phi) is 12.7. The lowest BCUT2D eigenvalue weighted by Gasteiger charge is -2.21. The Balaban J connectivity index is 0.000000290. The van der Waals surface area contributed by atoms with Gasteiger partial charge in [-0.15, -0.1) is 18.3 Å². The number of thioether (sulfide) groups is 1. The number of nitrogens with one attached hydrogen (secondary N) is 1. The normalized spacial score (nSPS) is 22.4. The Labute approximate surface area is 251 Å². The van der Waals surface area contributed by atoms with Crippen molar-refractivity contribution in [1.82, 2.24) is 5.09 Å². The van der Waals surface area contributed by atoms with E-state index in [2.05, 4.69) is 31.6 Å². The summed E-state index contributed by atoms with van der Waals surface area (Å²) in [4.78, 5) is 25.6. The Bertz CT molecular complexity index is 1230. The van der Waals surface area contributed by atoms with Crippen LogP contribution >= 0.6 is 19.5 Å². The van der Waals surface area contributed by atoms with Gasteiger partial charge in [0.25, 0.3) is 0 Å². The van der Waals surface area contributed by atoms with Crippen molar-refractivity contribution in [2.24, 2.45) is 17.3 Å². The summed E-state index contributed by atoms with van der Waals surface area (Å²) in [7, 11) is -3.30. The molecule has 1 aromatic rings. The third-order valence-corrected chi connectivity index (χ3v) is 10.0. The van der Waals surface area contributed by atoms with E-state index in [4.69, 9.17) is 13.8 Å². The maximum absolute atomic E-state index is 12.5. The van der Waals surface area contributed by atoms with Crippen LogP contribution in [0.3, 0.4) is 0 Å². The number of carbonyl (C=O) groups excluding carboxylic acids is 2. The number of aryl methyl sites for hydroxylation is 1. The van der Waals surface area contributed by atoms with Crippen LogP contribution in [0.1, 0.15) is 73.8 Å². The average molecular weight is 606 g/mol. The molecule has 0 heterocycles. The van der Waals surface area contributed by atoms with Gasteiger partial charge in [-0.25, -0.2) is 9.65 Å². The second-order valence-corrected chi connectivity index (χ2v) is 14.2. The van der Waals surface area contributed by atoms with Crippen LogP contribution in [0, 0.1) is 24.2 Å². The molecule has 0 bridgehead atoms. The Morgan fingerprint density at radius 1 is 1.27 bits per heavy atom. The molecule has 41 heavy (non-hydrogen) atoms. The van der Waals surface area contributed by atoms with Crippen LogP contribution in [0.25, 0.3) is 0 Å². The van der Waals surface area contributed by atoms with Crippen LogP contribution in [-0.4, -0.2) is 36.8 Å². The highest BCUT2D eigenvalue weighted by Crippen LogP contribution is 2.60. The number of allylic oxidation sites excluding steroid dienone is 4. The molecule has 1 aromatic carbocycles. The average Bonchev–Trinajstić information content (AvgIpc) is 3.28. The summed E-state index contributed by atoms with van der Waals surface area (Å²) in [6.07, 6.45) is 6.33. The second-order valence-electron chi connectivity index (χ2n) is 11.7. The first kappa shape index (κ1) is 35.1. The van der Waals surface area contributed by atoms with Crippen LogP contribution in [0.15, 0.2) is 58.5 Å². The summed E-state index contributed by atoms with van der Waals surface area (Å²) in [6, 6.07) is 5.66. The molecule has 0 aromatic heterocycles. The van der Waals surface area contributed by atoms with E-state index in [-0.39, 0.29) is 41.5 Å². The Hall–Kier alpha value is -2.12. The van der Waals surface area contributed by atoms with Gasteiger partial charge < -0.3 is 9.26 Å². The molecule has 2 aliphatic carbocycles. The first-order valence-electron chi connectivity index (χ1n) is 14.2. The van der Waals surface area contributed by atoms with Gasteiger partial charge in [0.1, 0.15) is 11.9 Å². The van der Waals surface area contributed by atoms with Crippen molar-refractivity contribution in [3.63, 3.8) is 0 Å². The number of ether oxygens (including phenoxy) is 1. The lowest BCUT2D eigenvalue weighted by atomic mass is 10.1. The number of rotatable bonds is 12. The fraction of sp³-hybridized carbons (Fsp3) is 0.562. The van der Waals surface area contributed by atoms with E-state index in [0.29, 0.717) is 18.8 Å². The molecule has 9 heteroatoms. The third kappa shape index (κ3) is 9.44. The minimum atomic E-state index is -3.30. The van der Waals surface area contributed by atoms with E-state index in [1.165, 1.54) is 10.5 Å². The number of ketones is 1. The Morgan fingerprint density at radius 2 is 1.93 bits per heavy atom. The minimum absolute atomic E-state index is 0.0175. The molecule has 0 amide bonds. The van der Waals surface area contributed by atoms with E-state index < -0.39 is 13.9 Å². The Morgan fingerprint density at radius 3 is 2.44 bits per heavy atom. The number of esters is 1. The third-order valence-electron chi connectivity index (χ3n) is 7.26. The lowest BCUT2D eigenvalue weighted by Crippen LogP contribution is -2.23. The molecular formula is C32H48NO6PS. The summed E-state index contributed by atoms with van der Waals surface area (Å²) in [5, 5.41) is 2.86. The number of hydrogen-bond acceptors (Lipinski definition) is 7. The summed E-state index contributed by atoms with van der Waals surface area (Å²) < 4.78 is 29.0. The molecule has 7 nitrogen and oxygen atoms in total. The predicted molar refractivity (Wildman–Crippen MR) is 168 cm³/mol. The van der Waals surface area contributed by atoms with Crippen LogP contribution in [0.4, 0.5) is 0 Å². The van der Waals surface area contributed by atoms with Gasteiger partial charge in [0.05, 0.1) is 18.9 Å². The van der Waals surface area contributed by atoms with Gasteiger partial charge in [0.2, 0.25) is 0 Å². The highest BCUT2D eigenvalue weighted by Gasteiger charge is 2.61. The number of Topliss-reactive ketones (excluding diaryl/α,β-unsaturated/α-hetero) is 1. The van der Waals surface area contributed by atoms with Crippen molar-refractivity contribution in [3.8, 4) is 5.75 Å². The molecule has 0 spiro atoms. The molecule has 228 valence electrons. The zero-order valence-electron chi connectivity index (χ0n) is 26.3. The van der Waals surface area contributed by atoms with Crippen molar-refractivity contribution in [2.45, 2.75) is 92.2 Å². The van der Waals surface area contributed by atoms with Gasteiger partial charge in [-0.3, -0.25) is 14.1 Å². The van der Waals surface area contributed by atoms with Gasteiger partial charge in [-0.1, -0.05) is 31.6 Å². The number of hydrogen-bond donors (Lipinski definition) is 1. The second kappa shape index (κ2) is 14.9. The fourth-order valence-corrected chi connectivity index (χ4v) is 7.17. The quantitative estimate of drug-likeness (QED) is 0.110. The van der Waals surface area contributed by atoms with Gasteiger partial charge in [-0.05, 0) is 102 Å². The standard InChI is InChI=1S/C19H26O3.C13H22NO3PS/c1-7-8-13-12(4)16(10-15(13)20)22-18(21)17-14(9-11(2)3)19(17,5)6;1-6-16-18(15,14-10(2)3)17-12-7-8-13(19-5)11(4)9-12/h7,9,14,16-17H,1,8,10H2,2-6H3;7-10H,6H2,1-5H3,(H,14,15). The van der Waals surface area contributed by atoms with Gasteiger partial charge >= 0.3 is 13.7 Å². The SMILES string of the molecule is C=CCC1=C(C)C(OC(=O)C2C(C=C(C)C)C2(C)C)CC1=O.CCOP(=O)(NC(C)C)Oc1ccc(SC)c(C)c1. The summed E-state index contributed by atoms with van der Waals surface area (Å²) in [5.74, 6) is 0.587. The van der Waals surface area contributed by atoms with Crippen molar-refractivity contribution < 1.29 is 27.9 Å². The van der Waals surface area contributed by atoms with Crippen molar-refractivity contribution >= 4 is 31.3 Å². The summed E-state index contributed by atoms with van der Waals surface area (Å²) in [5.41, 5.74) is 3.89. The van der Waals surface area contributed by atoms with E-state index in [0.717, 1.165) is 16.7 Å². The molecule has 1 saturated carbocycles. The molecule has 0 radical (unpaired) electrons. The van der Waals surface area contributed by atoms with Gasteiger partial charge in [0, 0.05) is 16.5 Å². The van der Waals surface area contributed by atoms with E-state index in [1.807, 2.05) is 66.0 Å². The van der Waals surface area contributed by atoms with Gasteiger partial charge in [-0.2, -0.15) is 0 Å². The molecule has 4 unspecified atom stereocenters. The first-order chi connectivity index (χ1) is 19.1. The largest absolute Gasteiger partial charge is 0.458 e. The van der Waals surface area contributed by atoms with E-state index in [1.54, 1.807) is 24.8 Å². The zero-order valence-corrected chi connectivity index (χ0v) is 28.0. The maximum atomic E-state index is 12.5. The van der Waals surface area contributed by atoms with Crippen LogP contribution < -0.4 is 9.61 Å². The zero-order chi connectivity index (χ0) is 31.1. The molecule has 1 fully saturated rings. The molecule has 0 saturated heterocycles. The van der Waals surface area contributed by atoms with E-state index in [9.17, 15) is 14.2 Å². The number of benzene rings is 1. The highest BCUT2D eigenvalue weighted by molar-refractivity contribution is 7.98. The monoisotopic (exact) mass is 605 g/mol.